The smallest absolute Gasteiger partial charge is 0.407 e. The van der Waals surface area contributed by atoms with E-state index >= 15 is 4.39 Å². The number of halogens is 1. The van der Waals surface area contributed by atoms with Crippen molar-refractivity contribution in [2.24, 2.45) is 23.7 Å². The van der Waals surface area contributed by atoms with Crippen molar-refractivity contribution in [3.63, 3.8) is 0 Å². The molecule has 12 heteroatoms. The van der Waals surface area contributed by atoms with Crippen LogP contribution in [0.4, 0.5) is 9.18 Å². The number of carbonyl (C=O) groups is 3. The van der Waals surface area contributed by atoms with E-state index in [2.05, 4.69) is 33.3 Å². The van der Waals surface area contributed by atoms with Crippen LogP contribution in [-0.2, 0) is 14.3 Å². The second-order valence-electron chi connectivity index (χ2n) is 16.5. The number of methoxy groups -OCH3 is 1. The number of rotatable bonds is 9. The molecule has 3 unspecified atom stereocenters. The molecule has 3 aromatic carbocycles. The Labute approximate surface area is 319 Å². The summed E-state index contributed by atoms with van der Waals surface area (Å²) in [7, 11) is 1.30. The predicted octanol–water partition coefficient (Wildman–Crippen LogP) is 8.05. The number of nitrogens with zero attached hydrogens (tertiary/aromatic N) is 4. The molecule has 2 saturated carbocycles. The topological polar surface area (TPSA) is 136 Å². The van der Waals surface area contributed by atoms with Crippen molar-refractivity contribution < 1.29 is 23.5 Å². The summed E-state index contributed by atoms with van der Waals surface area (Å²) in [5, 5.41) is 4.72. The van der Waals surface area contributed by atoms with Crippen LogP contribution in [0.2, 0.25) is 0 Å². The minimum absolute atomic E-state index is 0.0784. The lowest BCUT2D eigenvalue weighted by Gasteiger charge is -2.34. The zero-order valence-electron chi connectivity index (χ0n) is 31.9. The standard InChI is InChI=1S/C43H48FN7O4/c1-6-7-35(52)50-27-12-8-26(17-27)39(50)41-45-20-33(47-41)29-14-10-24(18-31(29)44)23-9-13-28-25(16-23)11-15-32-37(28)48-40(46-32)34-19-30-22(4)38(30)51(34)42(53)36(21(2)3)49-43(54)55-5/h9-11,13-16,18,20-22,26-27,30,34,36,38-39H,6-8,12,17,19H2,1-5H3,(H,45,47)(H,46,48)(H,49,54)/t22?,26-,27+,30?,34-,36-,38?,39-/m0/s1. The Hall–Kier alpha value is -5.26. The van der Waals surface area contributed by atoms with E-state index in [1.165, 1.54) is 7.11 Å². The van der Waals surface area contributed by atoms with Gasteiger partial charge in [-0.1, -0.05) is 52.0 Å². The third-order valence-corrected chi connectivity index (χ3v) is 12.9. The van der Waals surface area contributed by atoms with Crippen molar-refractivity contribution in [1.82, 2.24) is 35.1 Å². The number of ether oxygens (including phenoxy) is 1. The van der Waals surface area contributed by atoms with Crippen molar-refractivity contribution in [2.45, 2.75) is 96.4 Å². The minimum Gasteiger partial charge on any atom is -0.453 e. The Balaban J connectivity index is 0.968. The summed E-state index contributed by atoms with van der Waals surface area (Å²) in [6.45, 7) is 8.04. The van der Waals surface area contributed by atoms with Gasteiger partial charge < -0.3 is 29.8 Å². The number of H-pyrrole nitrogens is 2. The van der Waals surface area contributed by atoms with Crippen molar-refractivity contribution in [3.05, 3.63) is 72.2 Å². The highest BCUT2D eigenvalue weighted by molar-refractivity contribution is 6.05. The molecule has 0 radical (unpaired) electrons. The molecule has 9 rings (SSSR count). The summed E-state index contributed by atoms with van der Waals surface area (Å²) < 4.78 is 20.7. The summed E-state index contributed by atoms with van der Waals surface area (Å²) in [4.78, 5) is 59.8. The van der Waals surface area contributed by atoms with E-state index in [0.717, 1.165) is 76.7 Å². The van der Waals surface area contributed by atoms with Gasteiger partial charge in [0.15, 0.2) is 0 Å². The summed E-state index contributed by atoms with van der Waals surface area (Å²) in [5.74, 6) is 2.24. The SMILES string of the molecule is CCCC(=O)N1[C@@H]2CC[C@@H](C2)[C@H]1c1ncc(-c2ccc(-c3ccc4c(ccc5nc([C@@H]6CC7C(C)C7N6C(=O)[C@@H](NC(=O)OC)C(C)C)[nH]c54)c3)cc2F)[nH]1. The van der Waals surface area contributed by atoms with Crippen LogP contribution >= 0.6 is 0 Å². The largest absolute Gasteiger partial charge is 0.453 e. The van der Waals surface area contributed by atoms with Crippen LogP contribution in [0.3, 0.4) is 0 Å². The van der Waals surface area contributed by atoms with E-state index in [1.807, 2.05) is 60.9 Å². The van der Waals surface area contributed by atoms with E-state index < -0.39 is 12.1 Å². The number of aromatic amines is 2. The van der Waals surface area contributed by atoms with Crippen molar-refractivity contribution >= 4 is 39.7 Å². The molecule has 2 aromatic heterocycles. The average molecular weight is 746 g/mol. The van der Waals surface area contributed by atoms with Gasteiger partial charge in [-0.15, -0.1) is 0 Å². The number of hydrogen-bond acceptors (Lipinski definition) is 6. The Morgan fingerprint density at radius 3 is 2.56 bits per heavy atom. The molecule has 0 spiro atoms. The van der Waals surface area contributed by atoms with Gasteiger partial charge in [0.25, 0.3) is 0 Å². The fourth-order valence-electron chi connectivity index (χ4n) is 10.1. The summed E-state index contributed by atoms with van der Waals surface area (Å²) in [5.41, 5.74) is 4.38. The van der Waals surface area contributed by atoms with Crippen molar-refractivity contribution in [3.8, 4) is 22.4 Å². The van der Waals surface area contributed by atoms with Gasteiger partial charge in [-0.2, -0.15) is 0 Å². The minimum atomic E-state index is -0.707. The average Bonchev–Trinajstić information content (AvgIpc) is 3.89. The molecular formula is C43H48FN7O4. The molecule has 3 N–H and O–H groups in total. The van der Waals surface area contributed by atoms with Gasteiger partial charge in [-0.25, -0.2) is 19.2 Å². The lowest BCUT2D eigenvalue weighted by molar-refractivity contribution is -0.137. The summed E-state index contributed by atoms with van der Waals surface area (Å²) in [6, 6.07) is 14.8. The molecule has 2 aliphatic carbocycles. The first kappa shape index (κ1) is 35.4. The van der Waals surface area contributed by atoms with E-state index in [1.54, 1.807) is 18.3 Å². The van der Waals surface area contributed by atoms with Gasteiger partial charge in [0.05, 0.1) is 42.1 Å². The molecule has 2 bridgehead atoms. The maximum Gasteiger partial charge on any atom is 0.407 e. The molecular weight excluding hydrogens is 698 g/mol. The van der Waals surface area contributed by atoms with Crippen molar-refractivity contribution in [2.75, 3.05) is 7.11 Å². The molecule has 5 aromatic rings. The molecule has 2 aliphatic heterocycles. The Kier molecular flexibility index (Phi) is 8.69. The van der Waals surface area contributed by atoms with Gasteiger partial charge in [0.2, 0.25) is 11.8 Å². The van der Waals surface area contributed by atoms with Gasteiger partial charge in [-0.3, -0.25) is 9.59 Å². The lowest BCUT2D eigenvalue weighted by Crippen LogP contribution is -2.52. The fourth-order valence-corrected chi connectivity index (χ4v) is 10.1. The first-order chi connectivity index (χ1) is 26.6. The summed E-state index contributed by atoms with van der Waals surface area (Å²) >= 11 is 0. The number of alkyl carbamates (subject to hydrolysis) is 1. The number of imidazole rings is 2. The highest BCUT2D eigenvalue weighted by Crippen LogP contribution is 2.58. The first-order valence-electron chi connectivity index (χ1n) is 19.8. The van der Waals surface area contributed by atoms with E-state index in [0.29, 0.717) is 35.4 Å². The number of nitrogens with one attached hydrogen (secondary N) is 3. The van der Waals surface area contributed by atoms with E-state index in [9.17, 15) is 14.4 Å². The second kappa shape index (κ2) is 13.5. The van der Waals surface area contributed by atoms with Crippen LogP contribution in [0, 0.1) is 29.5 Å². The number of benzene rings is 3. The van der Waals surface area contributed by atoms with E-state index in [4.69, 9.17) is 9.72 Å². The number of hydrogen-bond donors (Lipinski definition) is 3. The molecule has 4 aliphatic rings. The van der Waals surface area contributed by atoms with Gasteiger partial charge in [0.1, 0.15) is 23.5 Å². The van der Waals surface area contributed by atoms with Gasteiger partial charge >= 0.3 is 6.09 Å². The number of likely N-dealkylation sites (tertiary alicyclic amines) is 2. The third kappa shape index (κ3) is 5.87. The van der Waals surface area contributed by atoms with Crippen LogP contribution in [0.15, 0.2) is 54.7 Å². The molecule has 2 saturated heterocycles. The molecule has 4 heterocycles. The van der Waals surface area contributed by atoms with Crippen molar-refractivity contribution in [1.29, 1.82) is 0 Å². The Bertz CT molecular complexity index is 2330. The van der Waals surface area contributed by atoms with Gasteiger partial charge in [0, 0.05) is 29.5 Å². The maximum absolute atomic E-state index is 15.9. The fraction of sp³-hybridized carbons (Fsp3) is 0.465. The van der Waals surface area contributed by atoms with Crippen LogP contribution in [0.1, 0.15) is 90.0 Å². The van der Waals surface area contributed by atoms with Gasteiger partial charge in [-0.05, 0) is 96.6 Å². The second-order valence-corrected chi connectivity index (χ2v) is 16.5. The van der Waals surface area contributed by atoms with Crippen LogP contribution < -0.4 is 5.32 Å². The quantitative estimate of drug-likeness (QED) is 0.140. The molecule has 11 nitrogen and oxygen atoms in total. The predicted molar refractivity (Wildman–Crippen MR) is 207 cm³/mol. The number of aromatic nitrogens is 4. The lowest BCUT2D eigenvalue weighted by atomic mass is 9.97. The molecule has 4 fully saturated rings. The third-order valence-electron chi connectivity index (χ3n) is 12.9. The highest BCUT2D eigenvalue weighted by Gasteiger charge is 2.61. The zero-order valence-corrected chi connectivity index (χ0v) is 31.9. The number of carbonyl (C=O) groups excluding carboxylic acids is 3. The number of piperidine rings is 2. The normalized spacial score (nSPS) is 25.9. The Morgan fingerprint density at radius 2 is 1.80 bits per heavy atom. The van der Waals surface area contributed by atoms with Crippen LogP contribution in [0.5, 0.6) is 0 Å². The van der Waals surface area contributed by atoms with E-state index in [-0.39, 0.29) is 47.7 Å². The molecule has 55 heavy (non-hydrogen) atoms. The number of fused-ring (bicyclic) bond motifs is 6. The maximum atomic E-state index is 15.9. The summed E-state index contributed by atoms with van der Waals surface area (Å²) in [6.07, 6.45) is 6.36. The first-order valence-corrected chi connectivity index (χ1v) is 19.8. The zero-order chi connectivity index (χ0) is 38.3. The molecule has 3 amide bonds. The monoisotopic (exact) mass is 745 g/mol. The van der Waals surface area contributed by atoms with Crippen LogP contribution in [0.25, 0.3) is 44.2 Å². The molecule has 286 valence electrons. The Morgan fingerprint density at radius 1 is 1.00 bits per heavy atom. The number of amides is 3. The highest BCUT2D eigenvalue weighted by atomic mass is 19.1. The molecule has 8 atom stereocenters. The van der Waals surface area contributed by atoms with Crippen LogP contribution in [-0.4, -0.2) is 72.9 Å².